The summed E-state index contributed by atoms with van der Waals surface area (Å²) < 4.78 is 35.0. The van der Waals surface area contributed by atoms with E-state index in [1.807, 2.05) is 6.26 Å². The number of amides is 1. The second-order valence-electron chi connectivity index (χ2n) is 5.47. The van der Waals surface area contributed by atoms with Crippen LogP contribution in [0, 0.1) is 0 Å². The Morgan fingerprint density at radius 2 is 2.12 bits per heavy atom. The summed E-state index contributed by atoms with van der Waals surface area (Å²) in [5.74, 6) is 0.125. The van der Waals surface area contributed by atoms with Crippen molar-refractivity contribution in [1.82, 2.24) is 4.98 Å². The first-order valence-corrected chi connectivity index (χ1v) is 11.0. The molecule has 26 heavy (non-hydrogen) atoms. The number of carbonyl (C=O) groups is 1. The zero-order chi connectivity index (χ0) is 18.3. The summed E-state index contributed by atoms with van der Waals surface area (Å²) in [5, 5.41) is 2.60. The Labute approximate surface area is 157 Å². The number of hydrogen-bond donors (Lipinski definition) is 2. The van der Waals surface area contributed by atoms with Crippen LogP contribution in [0.15, 0.2) is 45.6 Å². The zero-order valence-electron chi connectivity index (χ0n) is 13.5. The van der Waals surface area contributed by atoms with Gasteiger partial charge in [0.2, 0.25) is 0 Å². The molecule has 0 spiro atoms. The topological polar surface area (TPSA) is 97.4 Å². The van der Waals surface area contributed by atoms with Crippen molar-refractivity contribution in [2.75, 3.05) is 22.9 Å². The van der Waals surface area contributed by atoms with Gasteiger partial charge in [0.15, 0.2) is 10.9 Å². The Kier molecular flexibility index (Phi) is 4.25. The van der Waals surface area contributed by atoms with Gasteiger partial charge in [-0.2, -0.15) is 0 Å². The normalized spacial score (nSPS) is 13.8. The Morgan fingerprint density at radius 3 is 2.92 bits per heavy atom. The van der Waals surface area contributed by atoms with E-state index in [9.17, 15) is 13.2 Å². The second-order valence-corrected chi connectivity index (χ2v) is 9.23. The summed E-state index contributed by atoms with van der Waals surface area (Å²) >= 11 is 3.05. The lowest BCUT2D eigenvalue weighted by molar-refractivity contribution is -0.118. The third-order valence-corrected chi connectivity index (χ3v) is 7.07. The highest BCUT2D eigenvalue weighted by Crippen LogP contribution is 2.32. The average molecular weight is 407 g/mol. The molecule has 0 saturated carbocycles. The maximum absolute atomic E-state index is 12.7. The van der Waals surface area contributed by atoms with Crippen LogP contribution < -0.4 is 14.8 Å². The van der Waals surface area contributed by atoms with Crippen LogP contribution in [0.25, 0.3) is 10.2 Å². The highest BCUT2D eigenvalue weighted by atomic mass is 32.2. The number of ether oxygens (including phenoxy) is 1. The third kappa shape index (κ3) is 3.22. The van der Waals surface area contributed by atoms with E-state index in [0.717, 1.165) is 14.6 Å². The van der Waals surface area contributed by atoms with Crippen LogP contribution in [0.3, 0.4) is 0 Å². The van der Waals surface area contributed by atoms with Crippen LogP contribution in [0.2, 0.25) is 0 Å². The molecule has 1 aromatic heterocycles. The average Bonchev–Trinajstić information content (AvgIpc) is 3.03. The van der Waals surface area contributed by atoms with Crippen molar-refractivity contribution in [3.05, 3.63) is 36.4 Å². The van der Waals surface area contributed by atoms with Crippen molar-refractivity contribution in [3.63, 3.8) is 0 Å². The molecule has 2 heterocycles. The summed E-state index contributed by atoms with van der Waals surface area (Å²) in [6.45, 7) is -0.0791. The minimum Gasteiger partial charge on any atom is -0.482 e. The smallest absolute Gasteiger partial charge is 0.262 e. The van der Waals surface area contributed by atoms with Gasteiger partial charge in [-0.3, -0.25) is 9.52 Å². The number of rotatable bonds is 4. The molecule has 0 unspecified atom stereocenters. The standard InChI is InChI=1S/C16H13N3O4S3/c1-24-16-18-11-4-2-9(6-14(11)25-16)19-26(21,22)10-3-5-13-12(7-10)17-15(20)8-23-13/h2-7,19H,8H2,1H3,(H,17,20). The fourth-order valence-electron chi connectivity index (χ4n) is 2.50. The number of nitrogens with one attached hydrogen (secondary N) is 2. The molecule has 1 aliphatic heterocycles. The molecule has 1 amide bonds. The summed E-state index contributed by atoms with van der Waals surface area (Å²) in [6.07, 6.45) is 1.94. The largest absolute Gasteiger partial charge is 0.482 e. The van der Waals surface area contributed by atoms with Gasteiger partial charge in [0.25, 0.3) is 15.9 Å². The van der Waals surface area contributed by atoms with Crippen molar-refractivity contribution in [3.8, 4) is 5.75 Å². The summed E-state index contributed by atoms with van der Waals surface area (Å²) in [7, 11) is -3.81. The van der Waals surface area contributed by atoms with Crippen LogP contribution in [0.5, 0.6) is 5.75 Å². The predicted molar refractivity (Wildman–Crippen MR) is 103 cm³/mol. The summed E-state index contributed by atoms with van der Waals surface area (Å²) in [6, 6.07) is 9.56. The second kappa shape index (κ2) is 6.45. The van der Waals surface area contributed by atoms with E-state index >= 15 is 0 Å². The maximum atomic E-state index is 12.7. The van der Waals surface area contributed by atoms with Gasteiger partial charge in [-0.05, 0) is 42.7 Å². The van der Waals surface area contributed by atoms with Crippen LogP contribution in [0.1, 0.15) is 0 Å². The number of hydrogen-bond acceptors (Lipinski definition) is 7. The number of fused-ring (bicyclic) bond motifs is 2. The molecule has 0 radical (unpaired) electrons. The van der Waals surface area contributed by atoms with Gasteiger partial charge in [0, 0.05) is 0 Å². The van der Waals surface area contributed by atoms with E-state index in [1.165, 1.54) is 29.5 Å². The SMILES string of the molecule is CSc1nc2ccc(NS(=O)(=O)c3ccc4c(c3)NC(=O)CO4)cc2s1. The molecule has 0 saturated heterocycles. The van der Waals surface area contributed by atoms with Gasteiger partial charge in [-0.25, -0.2) is 13.4 Å². The fraction of sp³-hybridized carbons (Fsp3) is 0.125. The van der Waals surface area contributed by atoms with Gasteiger partial charge >= 0.3 is 0 Å². The van der Waals surface area contributed by atoms with Gasteiger partial charge in [-0.15, -0.1) is 11.3 Å². The van der Waals surface area contributed by atoms with Crippen LogP contribution >= 0.6 is 23.1 Å². The summed E-state index contributed by atoms with van der Waals surface area (Å²) in [4.78, 5) is 15.9. The number of aromatic nitrogens is 1. The third-order valence-electron chi connectivity index (χ3n) is 3.69. The predicted octanol–water partition coefficient (Wildman–Crippen LogP) is 3.15. The molecule has 2 N–H and O–H groups in total. The minimum absolute atomic E-state index is 0.0382. The van der Waals surface area contributed by atoms with Gasteiger partial charge in [0.05, 0.1) is 26.5 Å². The number of carbonyl (C=O) groups excluding carboxylic acids is 1. The maximum Gasteiger partial charge on any atom is 0.262 e. The van der Waals surface area contributed by atoms with Crippen molar-refractivity contribution in [2.24, 2.45) is 0 Å². The Balaban J connectivity index is 1.65. The van der Waals surface area contributed by atoms with Crippen LogP contribution in [-0.4, -0.2) is 32.2 Å². The molecule has 2 aromatic carbocycles. The van der Waals surface area contributed by atoms with Gasteiger partial charge in [0.1, 0.15) is 5.75 Å². The lowest BCUT2D eigenvalue weighted by Gasteiger charge is -2.18. The minimum atomic E-state index is -3.81. The van der Waals surface area contributed by atoms with E-state index in [4.69, 9.17) is 4.74 Å². The van der Waals surface area contributed by atoms with Crippen molar-refractivity contribution in [2.45, 2.75) is 9.24 Å². The highest BCUT2D eigenvalue weighted by molar-refractivity contribution is 8.00. The van der Waals surface area contributed by atoms with E-state index < -0.39 is 10.0 Å². The molecule has 4 rings (SSSR count). The lowest BCUT2D eigenvalue weighted by Crippen LogP contribution is -2.25. The van der Waals surface area contributed by atoms with E-state index in [-0.39, 0.29) is 17.4 Å². The fourth-order valence-corrected chi connectivity index (χ4v) is 5.10. The number of benzene rings is 2. The lowest BCUT2D eigenvalue weighted by atomic mass is 10.2. The first-order chi connectivity index (χ1) is 12.4. The Hall–Kier alpha value is -2.30. The number of nitrogens with zero attached hydrogens (tertiary/aromatic N) is 1. The molecule has 10 heteroatoms. The number of anilines is 2. The molecule has 0 atom stereocenters. The summed E-state index contributed by atoms with van der Waals surface area (Å²) in [5.41, 5.74) is 1.62. The quantitative estimate of drug-likeness (QED) is 0.645. The number of thiazole rings is 1. The molecular formula is C16H13N3O4S3. The van der Waals surface area contributed by atoms with E-state index in [2.05, 4.69) is 15.0 Å². The molecule has 0 aliphatic carbocycles. The monoisotopic (exact) mass is 407 g/mol. The molecule has 7 nitrogen and oxygen atoms in total. The molecular weight excluding hydrogens is 394 g/mol. The van der Waals surface area contributed by atoms with Crippen molar-refractivity contribution >= 4 is 60.6 Å². The molecule has 0 bridgehead atoms. The van der Waals surface area contributed by atoms with Crippen molar-refractivity contribution in [1.29, 1.82) is 0 Å². The Morgan fingerprint density at radius 1 is 1.27 bits per heavy atom. The Bertz CT molecular complexity index is 1120. The number of thioether (sulfide) groups is 1. The van der Waals surface area contributed by atoms with Gasteiger partial charge in [-0.1, -0.05) is 11.8 Å². The molecule has 1 aliphatic rings. The van der Waals surface area contributed by atoms with E-state index in [0.29, 0.717) is 17.1 Å². The highest BCUT2D eigenvalue weighted by Gasteiger charge is 2.21. The zero-order valence-corrected chi connectivity index (χ0v) is 15.9. The number of sulfonamides is 1. The van der Waals surface area contributed by atoms with E-state index in [1.54, 1.807) is 30.0 Å². The first-order valence-electron chi connectivity index (χ1n) is 7.49. The molecule has 134 valence electrons. The molecule has 0 fully saturated rings. The van der Waals surface area contributed by atoms with Crippen molar-refractivity contribution < 1.29 is 17.9 Å². The first kappa shape index (κ1) is 17.1. The van der Waals surface area contributed by atoms with Crippen LogP contribution in [0.4, 0.5) is 11.4 Å². The van der Waals surface area contributed by atoms with Gasteiger partial charge < -0.3 is 10.1 Å². The van der Waals surface area contributed by atoms with Crippen LogP contribution in [-0.2, 0) is 14.8 Å². The molecule has 3 aromatic rings.